The first-order valence-corrected chi connectivity index (χ1v) is 8.74. The molecule has 1 aromatic carbocycles. The van der Waals surface area contributed by atoms with E-state index in [0.717, 1.165) is 12.8 Å². The molecule has 1 aromatic rings. The molecule has 24 heavy (non-hydrogen) atoms. The number of carbonyl (C=O) groups is 2. The number of hydrogen-bond acceptors (Lipinski definition) is 2. The van der Waals surface area contributed by atoms with Crippen molar-refractivity contribution in [2.24, 2.45) is 11.3 Å². The minimum absolute atomic E-state index is 0.00337. The summed E-state index contributed by atoms with van der Waals surface area (Å²) < 4.78 is 0. The molecule has 0 bridgehead atoms. The quantitative estimate of drug-likeness (QED) is 0.875. The second kappa shape index (κ2) is 6.46. The minimum atomic E-state index is -0.752. The van der Waals surface area contributed by atoms with Crippen molar-refractivity contribution in [3.63, 3.8) is 0 Å². The molecule has 5 heteroatoms. The molecule has 0 radical (unpaired) electrons. The second-order valence-electron chi connectivity index (χ2n) is 7.67. The third kappa shape index (κ3) is 3.25. The number of nitrogens with one attached hydrogen (secondary N) is 1. The molecular formula is C19H26N2O3. The van der Waals surface area contributed by atoms with Crippen LogP contribution in [-0.2, 0) is 11.2 Å². The summed E-state index contributed by atoms with van der Waals surface area (Å²) in [5.41, 5.74) is 2.53. The van der Waals surface area contributed by atoms with Gasteiger partial charge in [0.1, 0.15) is 0 Å². The van der Waals surface area contributed by atoms with Crippen LogP contribution in [-0.4, -0.2) is 35.1 Å². The van der Waals surface area contributed by atoms with Gasteiger partial charge in [-0.2, -0.15) is 0 Å². The molecule has 0 spiro atoms. The van der Waals surface area contributed by atoms with Crippen molar-refractivity contribution in [3.8, 4) is 0 Å². The predicted octanol–water partition coefficient (Wildman–Crippen LogP) is 3.21. The predicted molar refractivity (Wildman–Crippen MR) is 91.7 cm³/mol. The van der Waals surface area contributed by atoms with Gasteiger partial charge in [0, 0.05) is 13.1 Å². The number of nitrogens with zero attached hydrogens (tertiary/aromatic N) is 1. The van der Waals surface area contributed by atoms with Crippen molar-refractivity contribution in [1.29, 1.82) is 0 Å². The number of carboxylic acid groups (broad SMARTS) is 1. The average Bonchev–Trinajstić information content (AvgIpc) is 2.57. The fraction of sp³-hybridized carbons (Fsp3) is 0.579. The highest BCUT2D eigenvalue weighted by atomic mass is 16.4. The molecule has 2 N–H and O–H groups in total. The lowest BCUT2D eigenvalue weighted by Crippen LogP contribution is -2.49. The van der Waals surface area contributed by atoms with E-state index in [1.165, 1.54) is 11.1 Å². The molecule has 130 valence electrons. The first-order chi connectivity index (χ1) is 11.4. The summed E-state index contributed by atoms with van der Waals surface area (Å²) in [6.45, 7) is 5.42. The Hall–Kier alpha value is -2.04. The molecule has 1 aliphatic heterocycles. The first kappa shape index (κ1) is 16.8. The van der Waals surface area contributed by atoms with Gasteiger partial charge in [-0.15, -0.1) is 0 Å². The van der Waals surface area contributed by atoms with Crippen LogP contribution >= 0.6 is 0 Å². The molecule has 1 saturated heterocycles. The van der Waals surface area contributed by atoms with Gasteiger partial charge in [-0.1, -0.05) is 38.1 Å². The van der Waals surface area contributed by atoms with Crippen LogP contribution in [0.5, 0.6) is 0 Å². The summed E-state index contributed by atoms with van der Waals surface area (Å²) in [4.78, 5) is 25.5. The Kier molecular flexibility index (Phi) is 4.52. The van der Waals surface area contributed by atoms with E-state index in [-0.39, 0.29) is 23.4 Å². The van der Waals surface area contributed by atoms with Gasteiger partial charge in [0.15, 0.2) is 0 Å². The third-order valence-corrected chi connectivity index (χ3v) is 5.59. The van der Waals surface area contributed by atoms with Crippen LogP contribution in [0.2, 0.25) is 0 Å². The van der Waals surface area contributed by atoms with Crippen LogP contribution in [0.1, 0.15) is 50.3 Å². The molecule has 2 amide bonds. The van der Waals surface area contributed by atoms with Crippen molar-refractivity contribution >= 4 is 12.0 Å². The zero-order chi connectivity index (χ0) is 17.3. The Balaban J connectivity index is 1.71. The van der Waals surface area contributed by atoms with Crippen molar-refractivity contribution in [3.05, 3.63) is 35.4 Å². The Bertz CT molecular complexity index is 633. The lowest BCUT2D eigenvalue weighted by molar-refractivity contribution is -0.143. The van der Waals surface area contributed by atoms with Crippen LogP contribution in [0.4, 0.5) is 4.79 Å². The van der Waals surface area contributed by atoms with E-state index < -0.39 is 5.97 Å². The van der Waals surface area contributed by atoms with E-state index in [1.54, 1.807) is 4.90 Å². The van der Waals surface area contributed by atoms with E-state index in [9.17, 15) is 9.59 Å². The molecule has 1 unspecified atom stereocenters. The topological polar surface area (TPSA) is 69.6 Å². The van der Waals surface area contributed by atoms with E-state index in [1.807, 2.05) is 12.1 Å². The van der Waals surface area contributed by atoms with Crippen LogP contribution in [0.25, 0.3) is 0 Å². The second-order valence-corrected chi connectivity index (χ2v) is 7.67. The third-order valence-electron chi connectivity index (χ3n) is 5.59. The van der Waals surface area contributed by atoms with Crippen LogP contribution in [0, 0.1) is 11.3 Å². The molecule has 1 fully saturated rings. The Morgan fingerprint density at radius 3 is 2.54 bits per heavy atom. The maximum Gasteiger partial charge on any atom is 0.317 e. The number of piperidine rings is 1. The summed E-state index contributed by atoms with van der Waals surface area (Å²) in [6.07, 6.45) is 3.15. The molecule has 3 rings (SSSR count). The van der Waals surface area contributed by atoms with Gasteiger partial charge in [-0.25, -0.2) is 4.79 Å². The number of fused-ring (bicyclic) bond motifs is 1. The Morgan fingerprint density at radius 1 is 1.21 bits per heavy atom. The van der Waals surface area contributed by atoms with Gasteiger partial charge >= 0.3 is 12.0 Å². The van der Waals surface area contributed by atoms with Crippen molar-refractivity contribution in [2.75, 3.05) is 13.1 Å². The van der Waals surface area contributed by atoms with Gasteiger partial charge in [0.2, 0.25) is 0 Å². The smallest absolute Gasteiger partial charge is 0.317 e. The standard InChI is InChI=1S/C19H26N2O3/c1-19(2)10-7-13-5-3-4-6-15(13)16(19)20-18(24)21-11-8-14(9-12-21)17(22)23/h3-6,14,16H,7-12H2,1-2H3,(H,20,24)(H,22,23). The van der Waals surface area contributed by atoms with Crippen LogP contribution in [0.3, 0.4) is 0 Å². The Morgan fingerprint density at radius 2 is 1.88 bits per heavy atom. The number of amides is 2. The molecule has 0 aromatic heterocycles. The lowest BCUT2D eigenvalue weighted by Gasteiger charge is -2.42. The molecule has 1 atom stereocenters. The fourth-order valence-electron chi connectivity index (χ4n) is 3.88. The molecular weight excluding hydrogens is 304 g/mol. The Labute approximate surface area is 143 Å². The maximum atomic E-state index is 12.7. The number of aliphatic carboxylic acids is 1. The van der Waals surface area contributed by atoms with Gasteiger partial charge in [-0.3, -0.25) is 4.79 Å². The highest BCUT2D eigenvalue weighted by molar-refractivity contribution is 5.76. The molecule has 0 saturated carbocycles. The van der Waals surface area contributed by atoms with E-state index in [0.29, 0.717) is 25.9 Å². The van der Waals surface area contributed by atoms with Crippen LogP contribution in [0.15, 0.2) is 24.3 Å². The van der Waals surface area contributed by atoms with Crippen molar-refractivity contribution in [2.45, 2.75) is 45.6 Å². The number of benzene rings is 1. The van der Waals surface area contributed by atoms with Crippen LogP contribution < -0.4 is 5.32 Å². The fourth-order valence-corrected chi connectivity index (χ4v) is 3.88. The zero-order valence-corrected chi connectivity index (χ0v) is 14.4. The van der Waals surface area contributed by atoms with Gasteiger partial charge in [-0.05, 0) is 42.2 Å². The summed E-state index contributed by atoms with van der Waals surface area (Å²) in [7, 11) is 0. The number of likely N-dealkylation sites (tertiary alicyclic amines) is 1. The first-order valence-electron chi connectivity index (χ1n) is 8.74. The number of carbonyl (C=O) groups excluding carboxylic acids is 1. The highest BCUT2D eigenvalue weighted by Gasteiger charge is 2.38. The zero-order valence-electron chi connectivity index (χ0n) is 14.4. The number of carboxylic acids is 1. The average molecular weight is 330 g/mol. The molecule has 2 aliphatic rings. The van der Waals surface area contributed by atoms with Gasteiger partial charge in [0.25, 0.3) is 0 Å². The summed E-state index contributed by atoms with van der Waals surface area (Å²) >= 11 is 0. The van der Waals surface area contributed by atoms with Crippen molar-refractivity contribution < 1.29 is 14.7 Å². The summed E-state index contributed by atoms with van der Waals surface area (Å²) in [5, 5.41) is 12.3. The summed E-state index contributed by atoms with van der Waals surface area (Å²) in [6, 6.07) is 8.24. The molecule has 5 nitrogen and oxygen atoms in total. The highest BCUT2D eigenvalue weighted by Crippen LogP contribution is 2.43. The maximum absolute atomic E-state index is 12.7. The van der Waals surface area contributed by atoms with E-state index in [2.05, 4.69) is 31.3 Å². The largest absolute Gasteiger partial charge is 0.481 e. The summed E-state index contributed by atoms with van der Waals surface area (Å²) in [5.74, 6) is -1.07. The normalized spacial score (nSPS) is 23.4. The van der Waals surface area contributed by atoms with E-state index >= 15 is 0 Å². The minimum Gasteiger partial charge on any atom is -0.481 e. The number of hydrogen-bond donors (Lipinski definition) is 2. The lowest BCUT2D eigenvalue weighted by atomic mass is 9.70. The SMILES string of the molecule is CC1(C)CCc2ccccc2C1NC(=O)N1CCC(C(=O)O)CC1. The number of aryl methyl sites for hydroxylation is 1. The van der Waals surface area contributed by atoms with Gasteiger partial charge in [0.05, 0.1) is 12.0 Å². The molecule has 1 aliphatic carbocycles. The van der Waals surface area contributed by atoms with E-state index in [4.69, 9.17) is 5.11 Å². The van der Waals surface area contributed by atoms with Gasteiger partial charge < -0.3 is 15.3 Å². The number of rotatable bonds is 2. The number of urea groups is 1. The monoisotopic (exact) mass is 330 g/mol. The molecule has 1 heterocycles. The van der Waals surface area contributed by atoms with Crippen molar-refractivity contribution in [1.82, 2.24) is 10.2 Å².